The molecule has 0 atom stereocenters. The van der Waals surface area contributed by atoms with Crippen LogP contribution in [0.1, 0.15) is 18.4 Å². The van der Waals surface area contributed by atoms with Crippen molar-refractivity contribution in [3.8, 4) is 5.75 Å². The van der Waals surface area contributed by atoms with Gasteiger partial charge in [0.25, 0.3) is 5.91 Å². The lowest BCUT2D eigenvalue weighted by atomic mass is 10.2. The SMILES string of the molecule is CN(C(=O)COc1ccc(Br)cc1C(N)=S)C1CC1. The van der Waals surface area contributed by atoms with Crippen LogP contribution in [-0.4, -0.2) is 35.5 Å². The van der Waals surface area contributed by atoms with Gasteiger partial charge in [-0.3, -0.25) is 4.79 Å². The molecule has 0 aromatic heterocycles. The number of ether oxygens (including phenoxy) is 1. The normalized spacial score (nSPS) is 14.0. The summed E-state index contributed by atoms with van der Waals surface area (Å²) in [6.07, 6.45) is 2.16. The van der Waals surface area contributed by atoms with Gasteiger partial charge >= 0.3 is 0 Å². The molecule has 1 aromatic carbocycles. The Bertz CT molecular complexity index is 517. The number of benzene rings is 1. The van der Waals surface area contributed by atoms with Crippen molar-refractivity contribution in [2.24, 2.45) is 5.73 Å². The minimum Gasteiger partial charge on any atom is -0.483 e. The third-order valence-corrected chi connectivity index (χ3v) is 3.76. The first kappa shape index (κ1) is 14.3. The molecule has 0 aliphatic heterocycles. The standard InChI is InChI=1S/C13H15BrN2O2S/c1-16(9-3-4-9)12(17)7-18-11-5-2-8(14)6-10(11)13(15)19/h2,5-6,9H,3-4,7H2,1H3,(H2,15,19). The quantitative estimate of drug-likeness (QED) is 0.832. The van der Waals surface area contributed by atoms with E-state index in [1.807, 2.05) is 6.07 Å². The van der Waals surface area contributed by atoms with Crippen molar-refractivity contribution in [1.29, 1.82) is 0 Å². The highest BCUT2D eigenvalue weighted by Gasteiger charge is 2.29. The smallest absolute Gasteiger partial charge is 0.260 e. The number of hydrogen-bond donors (Lipinski definition) is 1. The van der Waals surface area contributed by atoms with Gasteiger partial charge in [-0.25, -0.2) is 0 Å². The van der Waals surface area contributed by atoms with Gasteiger partial charge in [0, 0.05) is 17.6 Å². The van der Waals surface area contributed by atoms with E-state index in [0.717, 1.165) is 17.3 Å². The van der Waals surface area contributed by atoms with Gasteiger partial charge in [-0.1, -0.05) is 28.1 Å². The minimum atomic E-state index is -0.0284. The fourth-order valence-corrected chi connectivity index (χ4v) is 2.25. The largest absolute Gasteiger partial charge is 0.483 e. The fraction of sp³-hybridized carbons (Fsp3) is 0.385. The summed E-state index contributed by atoms with van der Waals surface area (Å²) in [7, 11) is 1.80. The number of carbonyl (C=O) groups is 1. The molecule has 1 fully saturated rings. The zero-order chi connectivity index (χ0) is 14.0. The number of thiocarbonyl (C=S) groups is 1. The van der Waals surface area contributed by atoms with Crippen LogP contribution in [0.25, 0.3) is 0 Å². The Kier molecular flexibility index (Phi) is 4.42. The lowest BCUT2D eigenvalue weighted by molar-refractivity contribution is -0.132. The predicted molar refractivity (Wildman–Crippen MR) is 81.3 cm³/mol. The molecule has 4 nitrogen and oxygen atoms in total. The maximum Gasteiger partial charge on any atom is 0.260 e. The third kappa shape index (κ3) is 3.67. The zero-order valence-corrected chi connectivity index (χ0v) is 13.0. The lowest BCUT2D eigenvalue weighted by Gasteiger charge is -2.17. The summed E-state index contributed by atoms with van der Waals surface area (Å²) in [4.78, 5) is 13.9. The maximum atomic E-state index is 11.9. The summed E-state index contributed by atoms with van der Waals surface area (Å²) in [6.45, 7) is 0.00421. The van der Waals surface area contributed by atoms with Crippen molar-refractivity contribution in [3.05, 3.63) is 28.2 Å². The Balaban J connectivity index is 2.02. The molecular weight excluding hydrogens is 328 g/mol. The number of nitrogens with zero attached hydrogens (tertiary/aromatic N) is 1. The molecule has 1 aliphatic rings. The van der Waals surface area contributed by atoms with Crippen molar-refractivity contribution in [1.82, 2.24) is 4.90 Å². The van der Waals surface area contributed by atoms with Crippen LogP contribution < -0.4 is 10.5 Å². The summed E-state index contributed by atoms with van der Waals surface area (Å²) in [5, 5.41) is 0. The molecule has 19 heavy (non-hydrogen) atoms. The molecule has 1 aliphatic carbocycles. The molecule has 0 heterocycles. The van der Waals surface area contributed by atoms with Gasteiger partial charge in [-0.05, 0) is 31.0 Å². The van der Waals surface area contributed by atoms with E-state index in [-0.39, 0.29) is 17.5 Å². The molecule has 102 valence electrons. The first-order valence-electron chi connectivity index (χ1n) is 5.97. The summed E-state index contributed by atoms with van der Waals surface area (Å²) >= 11 is 8.32. The molecule has 1 saturated carbocycles. The Labute approximate surface area is 126 Å². The summed E-state index contributed by atoms with van der Waals surface area (Å²) in [5.74, 6) is 0.507. The Hall–Kier alpha value is -1.14. The third-order valence-electron chi connectivity index (χ3n) is 3.05. The number of amides is 1. The van der Waals surface area contributed by atoms with Crippen LogP contribution in [0.15, 0.2) is 22.7 Å². The number of carbonyl (C=O) groups excluding carboxylic acids is 1. The van der Waals surface area contributed by atoms with Gasteiger partial charge in [0.2, 0.25) is 0 Å². The van der Waals surface area contributed by atoms with Crippen molar-refractivity contribution in [3.63, 3.8) is 0 Å². The number of halogens is 1. The molecule has 0 spiro atoms. The first-order chi connectivity index (χ1) is 8.99. The van der Waals surface area contributed by atoms with Crippen LogP contribution in [0.5, 0.6) is 5.75 Å². The predicted octanol–water partition coefficient (Wildman–Crippen LogP) is 2.08. The molecule has 0 saturated heterocycles. The Morgan fingerprint density at radius 3 is 2.84 bits per heavy atom. The van der Waals surface area contributed by atoms with E-state index in [9.17, 15) is 4.79 Å². The molecule has 6 heteroatoms. The Morgan fingerprint density at radius 2 is 2.26 bits per heavy atom. The summed E-state index contributed by atoms with van der Waals surface area (Å²) in [6, 6.07) is 5.75. The van der Waals surface area contributed by atoms with Gasteiger partial charge in [-0.2, -0.15) is 0 Å². The van der Waals surface area contributed by atoms with Crippen LogP contribution in [0.3, 0.4) is 0 Å². The second-order valence-corrected chi connectivity index (χ2v) is 5.88. The molecule has 1 amide bonds. The topological polar surface area (TPSA) is 55.6 Å². The highest BCUT2D eigenvalue weighted by molar-refractivity contribution is 9.10. The second kappa shape index (κ2) is 5.88. The van der Waals surface area contributed by atoms with Gasteiger partial charge < -0.3 is 15.4 Å². The van der Waals surface area contributed by atoms with Gasteiger partial charge in [0.05, 0.1) is 5.56 Å². The van der Waals surface area contributed by atoms with Gasteiger partial charge in [0.15, 0.2) is 6.61 Å². The van der Waals surface area contributed by atoms with Crippen LogP contribution in [0, 0.1) is 0 Å². The summed E-state index contributed by atoms with van der Waals surface area (Å²) < 4.78 is 6.40. The number of hydrogen-bond acceptors (Lipinski definition) is 3. The van der Waals surface area contributed by atoms with E-state index < -0.39 is 0 Å². The molecule has 1 aromatic rings. The first-order valence-corrected chi connectivity index (χ1v) is 7.17. The van der Waals surface area contributed by atoms with Crippen molar-refractivity contribution in [2.45, 2.75) is 18.9 Å². The second-order valence-electron chi connectivity index (χ2n) is 4.53. The highest BCUT2D eigenvalue weighted by Crippen LogP contribution is 2.26. The van der Waals surface area contributed by atoms with E-state index in [1.54, 1.807) is 24.1 Å². The molecule has 0 radical (unpaired) electrons. The molecule has 2 N–H and O–H groups in total. The van der Waals surface area contributed by atoms with Crippen LogP contribution in [-0.2, 0) is 4.79 Å². The minimum absolute atomic E-state index is 0.00421. The molecule has 0 bridgehead atoms. The van der Waals surface area contributed by atoms with E-state index in [4.69, 9.17) is 22.7 Å². The average Bonchev–Trinajstić information content (AvgIpc) is 3.20. The van der Waals surface area contributed by atoms with Gasteiger partial charge in [-0.15, -0.1) is 0 Å². The van der Waals surface area contributed by atoms with Crippen LogP contribution in [0.4, 0.5) is 0 Å². The Morgan fingerprint density at radius 1 is 1.58 bits per heavy atom. The van der Waals surface area contributed by atoms with Crippen LogP contribution >= 0.6 is 28.1 Å². The number of rotatable bonds is 5. The molecule has 0 unspecified atom stereocenters. The van der Waals surface area contributed by atoms with Crippen LogP contribution in [0.2, 0.25) is 0 Å². The van der Waals surface area contributed by atoms with E-state index in [0.29, 0.717) is 17.4 Å². The van der Waals surface area contributed by atoms with E-state index in [2.05, 4.69) is 15.9 Å². The number of likely N-dealkylation sites (N-methyl/N-ethyl adjacent to an activating group) is 1. The number of nitrogens with two attached hydrogens (primary N) is 1. The fourth-order valence-electron chi connectivity index (χ4n) is 1.73. The monoisotopic (exact) mass is 342 g/mol. The zero-order valence-electron chi connectivity index (χ0n) is 10.6. The average molecular weight is 343 g/mol. The maximum absolute atomic E-state index is 11.9. The van der Waals surface area contributed by atoms with E-state index >= 15 is 0 Å². The molecule has 2 rings (SSSR count). The van der Waals surface area contributed by atoms with Gasteiger partial charge in [0.1, 0.15) is 10.7 Å². The summed E-state index contributed by atoms with van der Waals surface area (Å²) in [5.41, 5.74) is 6.27. The van der Waals surface area contributed by atoms with Crippen molar-refractivity contribution in [2.75, 3.05) is 13.7 Å². The molecular formula is C13H15BrN2O2S. The van der Waals surface area contributed by atoms with E-state index in [1.165, 1.54) is 0 Å². The highest BCUT2D eigenvalue weighted by atomic mass is 79.9. The van der Waals surface area contributed by atoms with Crippen molar-refractivity contribution >= 4 is 39.0 Å². The van der Waals surface area contributed by atoms with Crippen molar-refractivity contribution < 1.29 is 9.53 Å². The lowest BCUT2D eigenvalue weighted by Crippen LogP contribution is -2.33.